The van der Waals surface area contributed by atoms with Crippen LogP contribution >= 0.6 is 0 Å². The lowest BCUT2D eigenvalue weighted by Crippen LogP contribution is -2.43. The maximum atomic E-state index is 11.4. The van der Waals surface area contributed by atoms with Crippen molar-refractivity contribution in [3.63, 3.8) is 0 Å². The topological polar surface area (TPSA) is 65.7 Å². The highest BCUT2D eigenvalue weighted by atomic mass is 16.4. The first-order chi connectivity index (χ1) is 9.24. The molecule has 0 aromatic carbocycles. The number of hydrogen-bond donors (Lipinski definition) is 2. The Kier molecular flexibility index (Phi) is 3.57. The van der Waals surface area contributed by atoms with Crippen molar-refractivity contribution in [2.75, 3.05) is 13.1 Å². The second-order valence-electron chi connectivity index (χ2n) is 5.48. The van der Waals surface area contributed by atoms with Gasteiger partial charge in [-0.3, -0.25) is 9.69 Å². The van der Waals surface area contributed by atoms with E-state index in [-0.39, 0.29) is 11.2 Å². The molecule has 104 valence electrons. The van der Waals surface area contributed by atoms with Gasteiger partial charge < -0.3 is 14.8 Å². The van der Waals surface area contributed by atoms with E-state index in [1.54, 1.807) is 0 Å². The summed E-state index contributed by atoms with van der Waals surface area (Å²) >= 11 is 0. The molecule has 2 saturated heterocycles. The molecule has 2 aliphatic rings. The molecule has 5 heteroatoms. The Bertz CT molecular complexity index is 494. The third kappa shape index (κ3) is 2.67. The summed E-state index contributed by atoms with van der Waals surface area (Å²) in [7, 11) is 0. The van der Waals surface area contributed by atoms with E-state index in [0.29, 0.717) is 24.4 Å². The van der Waals surface area contributed by atoms with Crippen molar-refractivity contribution in [3.05, 3.63) is 28.3 Å². The zero-order chi connectivity index (χ0) is 13.2. The van der Waals surface area contributed by atoms with Crippen LogP contribution in [0.3, 0.4) is 0 Å². The zero-order valence-electron chi connectivity index (χ0n) is 11.0. The van der Waals surface area contributed by atoms with Crippen LogP contribution < -0.4 is 10.7 Å². The number of nitrogens with zero attached hydrogens (tertiary/aromatic N) is 1. The van der Waals surface area contributed by atoms with Crippen LogP contribution in [0.1, 0.15) is 31.4 Å². The van der Waals surface area contributed by atoms with Gasteiger partial charge in [0.1, 0.15) is 12.0 Å². The monoisotopic (exact) mass is 264 g/mol. The molecular weight excluding hydrogens is 244 g/mol. The molecule has 19 heavy (non-hydrogen) atoms. The highest BCUT2D eigenvalue weighted by Gasteiger charge is 2.33. The fourth-order valence-corrected chi connectivity index (χ4v) is 3.27. The van der Waals surface area contributed by atoms with E-state index >= 15 is 0 Å². The van der Waals surface area contributed by atoms with Gasteiger partial charge in [0.15, 0.2) is 5.75 Å². The minimum absolute atomic E-state index is 0.320. The lowest BCUT2D eigenvalue weighted by Gasteiger charge is -2.28. The van der Waals surface area contributed by atoms with Crippen molar-refractivity contribution in [1.29, 1.82) is 0 Å². The predicted octanol–water partition coefficient (Wildman–Crippen LogP) is 1.06. The van der Waals surface area contributed by atoms with Crippen LogP contribution in [0.15, 0.2) is 21.5 Å². The van der Waals surface area contributed by atoms with Crippen LogP contribution in [-0.4, -0.2) is 35.2 Å². The standard InChI is InChI=1S/C14H20N2O3/c17-13-7-10(19-9-14(13)18)8-16-6-2-4-12(16)11-3-1-5-15-11/h7,9,11-12,15,18H,1-6,8H2. The summed E-state index contributed by atoms with van der Waals surface area (Å²) in [5, 5.41) is 12.8. The molecule has 2 N–H and O–H groups in total. The maximum Gasteiger partial charge on any atom is 0.226 e. The molecule has 0 saturated carbocycles. The van der Waals surface area contributed by atoms with E-state index < -0.39 is 0 Å². The van der Waals surface area contributed by atoms with Gasteiger partial charge >= 0.3 is 0 Å². The number of hydrogen-bond acceptors (Lipinski definition) is 5. The quantitative estimate of drug-likeness (QED) is 0.854. The lowest BCUT2D eigenvalue weighted by atomic mass is 10.0. The second-order valence-corrected chi connectivity index (χ2v) is 5.48. The predicted molar refractivity (Wildman–Crippen MR) is 71.1 cm³/mol. The average Bonchev–Trinajstić information content (AvgIpc) is 3.04. The van der Waals surface area contributed by atoms with Gasteiger partial charge in [-0.15, -0.1) is 0 Å². The van der Waals surface area contributed by atoms with Crippen molar-refractivity contribution in [2.45, 2.75) is 44.3 Å². The van der Waals surface area contributed by atoms with E-state index in [0.717, 1.165) is 19.4 Å². The van der Waals surface area contributed by atoms with Crippen molar-refractivity contribution in [3.8, 4) is 5.75 Å². The Morgan fingerprint density at radius 1 is 1.42 bits per heavy atom. The third-order valence-electron chi connectivity index (χ3n) is 4.20. The minimum atomic E-state index is -0.365. The highest BCUT2D eigenvalue weighted by Crippen LogP contribution is 2.26. The van der Waals surface area contributed by atoms with Gasteiger partial charge in [-0.25, -0.2) is 0 Å². The summed E-state index contributed by atoms with van der Waals surface area (Å²) in [5.74, 6) is 0.312. The molecule has 0 amide bonds. The summed E-state index contributed by atoms with van der Waals surface area (Å²) in [4.78, 5) is 13.8. The molecule has 0 spiro atoms. The molecule has 3 heterocycles. The van der Waals surface area contributed by atoms with Gasteiger partial charge in [0.05, 0.1) is 6.54 Å². The van der Waals surface area contributed by atoms with E-state index in [4.69, 9.17) is 4.42 Å². The van der Waals surface area contributed by atoms with Crippen LogP contribution in [0.25, 0.3) is 0 Å². The summed E-state index contributed by atoms with van der Waals surface area (Å²) in [6.07, 6.45) is 6.03. The van der Waals surface area contributed by atoms with Crippen molar-refractivity contribution >= 4 is 0 Å². The summed E-state index contributed by atoms with van der Waals surface area (Å²) in [5.41, 5.74) is -0.365. The van der Waals surface area contributed by atoms with Crippen LogP contribution in [0.4, 0.5) is 0 Å². The van der Waals surface area contributed by atoms with E-state index in [1.165, 1.54) is 31.7 Å². The molecule has 2 fully saturated rings. The van der Waals surface area contributed by atoms with Crippen LogP contribution in [0, 0.1) is 0 Å². The molecule has 0 bridgehead atoms. The molecule has 1 aromatic heterocycles. The van der Waals surface area contributed by atoms with Crippen LogP contribution in [0.5, 0.6) is 5.75 Å². The van der Waals surface area contributed by atoms with E-state index in [2.05, 4.69) is 10.2 Å². The van der Waals surface area contributed by atoms with Crippen molar-refractivity contribution in [1.82, 2.24) is 10.2 Å². The second kappa shape index (κ2) is 5.35. The summed E-state index contributed by atoms with van der Waals surface area (Å²) in [6, 6.07) is 2.51. The lowest BCUT2D eigenvalue weighted by molar-refractivity contribution is 0.190. The first-order valence-electron chi connectivity index (χ1n) is 7.02. The Labute approximate surface area is 112 Å². The maximum absolute atomic E-state index is 11.4. The van der Waals surface area contributed by atoms with Gasteiger partial charge in [0.25, 0.3) is 0 Å². The average molecular weight is 264 g/mol. The molecule has 2 atom stereocenters. The Hall–Kier alpha value is -1.33. The van der Waals surface area contributed by atoms with Gasteiger partial charge in [0, 0.05) is 18.2 Å². The molecule has 5 nitrogen and oxygen atoms in total. The molecule has 3 rings (SSSR count). The van der Waals surface area contributed by atoms with E-state index in [9.17, 15) is 9.90 Å². The van der Waals surface area contributed by atoms with Crippen molar-refractivity contribution < 1.29 is 9.52 Å². The van der Waals surface area contributed by atoms with E-state index in [1.807, 2.05) is 0 Å². The number of nitrogens with one attached hydrogen (secondary N) is 1. The molecular formula is C14H20N2O3. The Morgan fingerprint density at radius 2 is 2.32 bits per heavy atom. The molecule has 0 radical (unpaired) electrons. The molecule has 2 aliphatic heterocycles. The first-order valence-corrected chi connectivity index (χ1v) is 7.02. The fourth-order valence-electron chi connectivity index (χ4n) is 3.27. The normalized spacial score (nSPS) is 28.0. The molecule has 2 unspecified atom stereocenters. The van der Waals surface area contributed by atoms with Gasteiger partial charge in [-0.05, 0) is 38.8 Å². The number of rotatable bonds is 3. The van der Waals surface area contributed by atoms with Gasteiger partial charge in [-0.2, -0.15) is 0 Å². The summed E-state index contributed by atoms with van der Waals surface area (Å²) < 4.78 is 5.30. The fraction of sp³-hybridized carbons (Fsp3) is 0.643. The molecule has 1 aromatic rings. The largest absolute Gasteiger partial charge is 0.502 e. The Balaban J connectivity index is 1.70. The van der Waals surface area contributed by atoms with Crippen LogP contribution in [-0.2, 0) is 6.54 Å². The summed E-state index contributed by atoms with van der Waals surface area (Å²) in [6.45, 7) is 2.81. The van der Waals surface area contributed by atoms with Crippen molar-refractivity contribution in [2.24, 2.45) is 0 Å². The Morgan fingerprint density at radius 3 is 3.05 bits per heavy atom. The SMILES string of the molecule is O=c1cc(CN2CCCC2C2CCCN2)occ1O. The van der Waals surface area contributed by atoms with Gasteiger partial charge in [-0.1, -0.05) is 0 Å². The first kappa shape index (κ1) is 12.7. The highest BCUT2D eigenvalue weighted by molar-refractivity contribution is 5.15. The zero-order valence-corrected chi connectivity index (χ0v) is 11.0. The number of aromatic hydroxyl groups is 1. The van der Waals surface area contributed by atoms with Crippen LogP contribution in [0.2, 0.25) is 0 Å². The van der Waals surface area contributed by atoms with Gasteiger partial charge in [0.2, 0.25) is 5.43 Å². The number of likely N-dealkylation sites (tertiary alicyclic amines) is 1. The third-order valence-corrected chi connectivity index (χ3v) is 4.20. The molecule has 0 aliphatic carbocycles. The minimum Gasteiger partial charge on any atom is -0.502 e. The smallest absolute Gasteiger partial charge is 0.226 e.